The predicted octanol–water partition coefficient (Wildman–Crippen LogP) is 5.48. The molecule has 3 rings (SSSR count). The van der Waals surface area contributed by atoms with Crippen LogP contribution < -0.4 is 9.80 Å². The van der Waals surface area contributed by atoms with Crippen LogP contribution in [0.1, 0.15) is 103 Å². The van der Waals surface area contributed by atoms with E-state index in [1.807, 2.05) is 0 Å². The lowest BCUT2D eigenvalue weighted by Crippen LogP contribution is -3.08. The molecule has 0 aromatic rings. The second-order valence-electron chi connectivity index (χ2n) is 10.3. The summed E-state index contributed by atoms with van der Waals surface area (Å²) in [4.78, 5) is 3.34. The summed E-state index contributed by atoms with van der Waals surface area (Å²) >= 11 is 0. The molecule has 2 nitrogen and oxygen atoms in total. The molecule has 0 aromatic heterocycles. The molecule has 2 N–H and O–H groups in total. The van der Waals surface area contributed by atoms with Crippen molar-refractivity contribution in [3.8, 4) is 0 Å². The van der Waals surface area contributed by atoms with E-state index in [0.717, 1.165) is 0 Å². The highest BCUT2D eigenvalue weighted by Gasteiger charge is 2.12. The van der Waals surface area contributed by atoms with Crippen LogP contribution in [0, 0.1) is 0 Å². The van der Waals surface area contributed by atoms with E-state index in [2.05, 4.69) is 48.9 Å². The van der Waals surface area contributed by atoms with Crippen LogP contribution in [0.5, 0.6) is 0 Å². The van der Waals surface area contributed by atoms with Gasteiger partial charge in [0.15, 0.2) is 0 Å². The van der Waals surface area contributed by atoms with Gasteiger partial charge in [0.25, 0.3) is 0 Å². The molecule has 3 aliphatic rings. The molecule has 4 bridgehead atoms. The Hall–Kier alpha value is -1.38. The Morgan fingerprint density at radius 1 is 0.594 bits per heavy atom. The van der Waals surface area contributed by atoms with Crippen molar-refractivity contribution >= 4 is 0 Å². The molecule has 3 heterocycles. The minimum atomic E-state index is 1.19. The van der Waals surface area contributed by atoms with Gasteiger partial charge in [0.1, 0.15) is 13.1 Å². The van der Waals surface area contributed by atoms with Gasteiger partial charge in [-0.05, 0) is 81.9 Å². The number of rotatable bonds is 0. The molecule has 2 heteroatoms. The van der Waals surface area contributed by atoms with Crippen molar-refractivity contribution in [1.29, 1.82) is 0 Å². The first kappa shape index (κ1) is 25.2. The van der Waals surface area contributed by atoms with Crippen molar-refractivity contribution in [1.82, 2.24) is 0 Å². The van der Waals surface area contributed by atoms with Gasteiger partial charge >= 0.3 is 0 Å². The van der Waals surface area contributed by atoms with Crippen molar-refractivity contribution in [3.63, 3.8) is 0 Å². The van der Waals surface area contributed by atoms with Gasteiger partial charge in [-0.25, -0.2) is 0 Å². The fourth-order valence-electron chi connectivity index (χ4n) is 5.35. The monoisotopic (exact) mass is 438 g/mol. The van der Waals surface area contributed by atoms with E-state index in [-0.39, 0.29) is 0 Å². The fourth-order valence-corrected chi connectivity index (χ4v) is 5.35. The van der Waals surface area contributed by atoms with Crippen molar-refractivity contribution < 1.29 is 9.80 Å². The van der Waals surface area contributed by atoms with Gasteiger partial charge in [-0.3, -0.25) is 0 Å². The van der Waals surface area contributed by atoms with Crippen molar-refractivity contribution in [3.05, 3.63) is 60.0 Å². The maximum Gasteiger partial charge on any atom is 0.103 e. The number of fused-ring (bicyclic) bond motifs is 3. The lowest BCUT2D eigenvalue weighted by Gasteiger charge is -2.19. The van der Waals surface area contributed by atoms with Crippen LogP contribution in [-0.4, -0.2) is 26.2 Å². The molecule has 0 aromatic carbocycles. The van der Waals surface area contributed by atoms with Crippen LogP contribution in [0.3, 0.4) is 0 Å². The van der Waals surface area contributed by atoms with Crippen LogP contribution in [0.4, 0.5) is 0 Å². The molecule has 32 heavy (non-hydrogen) atoms. The molecule has 0 saturated heterocycles. The number of hydrogen-bond acceptors (Lipinski definition) is 0. The molecule has 0 fully saturated rings. The third-order valence-corrected chi connectivity index (χ3v) is 7.35. The summed E-state index contributed by atoms with van der Waals surface area (Å²) < 4.78 is 0. The van der Waals surface area contributed by atoms with Gasteiger partial charge in [0.05, 0.1) is 25.5 Å². The summed E-state index contributed by atoms with van der Waals surface area (Å²) in [5.74, 6) is 0. The van der Waals surface area contributed by atoms with E-state index in [9.17, 15) is 0 Å². The topological polar surface area (TPSA) is 8.88 Å². The summed E-state index contributed by atoms with van der Waals surface area (Å²) in [6.07, 6.45) is 41.1. The standard InChI is InChI=1S/C30H48N2/c1-3-7-11-15-23-31-25-18-22-30(28-31)20-14-10-6-2-4-8-12-16-24-32-26-17-21-29(27-32)19-13-9-5-1/h5,9,17-18,21-22,26,28H,1-4,6-8,10-16,19-20,23-25,27H2/p+2. The molecule has 178 valence electrons. The van der Waals surface area contributed by atoms with Crippen LogP contribution in [0.25, 0.3) is 0 Å². The highest BCUT2D eigenvalue weighted by atomic mass is 15.1. The molecule has 0 saturated carbocycles. The smallest absolute Gasteiger partial charge is 0.103 e. The first-order valence-electron chi connectivity index (χ1n) is 14.0. The van der Waals surface area contributed by atoms with Crippen LogP contribution in [-0.2, 0) is 0 Å². The van der Waals surface area contributed by atoms with Crippen LogP contribution in [0.2, 0.25) is 0 Å². The highest BCUT2D eigenvalue weighted by Crippen LogP contribution is 2.14. The lowest BCUT2D eigenvalue weighted by atomic mass is 10.0. The van der Waals surface area contributed by atoms with Gasteiger partial charge in [0.2, 0.25) is 0 Å². The highest BCUT2D eigenvalue weighted by molar-refractivity contribution is 5.18. The maximum absolute atomic E-state index is 2.53. The second kappa shape index (κ2) is 16.3. The second-order valence-corrected chi connectivity index (χ2v) is 10.3. The molecule has 0 spiro atoms. The Morgan fingerprint density at radius 2 is 1.28 bits per heavy atom. The van der Waals surface area contributed by atoms with E-state index in [1.54, 1.807) is 20.9 Å². The number of allylic oxidation sites excluding steroid dienone is 6. The van der Waals surface area contributed by atoms with Crippen molar-refractivity contribution in [2.24, 2.45) is 0 Å². The minimum absolute atomic E-state index is 1.19. The van der Waals surface area contributed by atoms with Gasteiger partial charge in [-0.2, -0.15) is 0 Å². The van der Waals surface area contributed by atoms with E-state index in [4.69, 9.17) is 0 Å². The minimum Gasteiger partial charge on any atom is -0.305 e. The largest absolute Gasteiger partial charge is 0.305 e. The molecule has 0 aliphatic carbocycles. The maximum atomic E-state index is 2.53. The van der Waals surface area contributed by atoms with Crippen molar-refractivity contribution in [2.75, 3.05) is 26.2 Å². The fraction of sp³-hybridized carbons (Fsp3) is 0.667. The third-order valence-electron chi connectivity index (χ3n) is 7.35. The number of nitrogens with one attached hydrogen (secondary N) is 2. The summed E-state index contributed by atoms with van der Waals surface area (Å²) in [6.45, 7) is 5.05. The van der Waals surface area contributed by atoms with Crippen LogP contribution in [0.15, 0.2) is 60.0 Å². The van der Waals surface area contributed by atoms with Gasteiger partial charge in [0, 0.05) is 5.57 Å². The molecular weight excluding hydrogens is 388 g/mol. The van der Waals surface area contributed by atoms with Gasteiger partial charge in [-0.15, -0.1) is 0 Å². The van der Waals surface area contributed by atoms with Crippen molar-refractivity contribution in [2.45, 2.75) is 103 Å². The Morgan fingerprint density at radius 3 is 2.12 bits per heavy atom. The molecule has 0 radical (unpaired) electrons. The van der Waals surface area contributed by atoms with Gasteiger partial charge < -0.3 is 9.80 Å². The Balaban J connectivity index is 1.39. The zero-order valence-electron chi connectivity index (χ0n) is 20.8. The lowest BCUT2D eigenvalue weighted by molar-refractivity contribution is -0.842. The number of quaternary nitrogens is 2. The molecule has 0 amide bonds. The summed E-state index contributed by atoms with van der Waals surface area (Å²) in [7, 11) is 0. The molecule has 2 atom stereocenters. The Kier molecular flexibility index (Phi) is 12.8. The molecule has 3 aliphatic heterocycles. The normalized spacial score (nSPS) is 28.0. The van der Waals surface area contributed by atoms with E-state index in [0.29, 0.717) is 0 Å². The quantitative estimate of drug-likeness (QED) is 0.464. The average molecular weight is 439 g/mol. The average Bonchev–Trinajstić information content (AvgIpc) is 2.81. The first-order chi connectivity index (χ1) is 15.9. The van der Waals surface area contributed by atoms with E-state index in [1.165, 1.54) is 129 Å². The van der Waals surface area contributed by atoms with E-state index >= 15 is 0 Å². The summed E-state index contributed by atoms with van der Waals surface area (Å²) in [5.41, 5.74) is 3.23. The van der Waals surface area contributed by atoms with Crippen LogP contribution >= 0.6 is 0 Å². The summed E-state index contributed by atoms with van der Waals surface area (Å²) in [5, 5.41) is 0. The predicted molar refractivity (Wildman–Crippen MR) is 139 cm³/mol. The Bertz CT molecular complexity index is 652. The first-order valence-corrected chi connectivity index (χ1v) is 14.0. The molecule has 2 unspecified atom stereocenters. The number of hydrogen-bond donors (Lipinski definition) is 2. The SMILES string of the molecule is C1=C[NH+]2CCCCCCCCCCC3=C[NH+](CC=C3)CCCCCCC=CCCC(=C1)C2. The zero-order valence-corrected chi connectivity index (χ0v) is 20.8. The zero-order chi connectivity index (χ0) is 22.1. The molecular formula is C30H50N2+2. The van der Waals surface area contributed by atoms with Gasteiger partial charge in [-0.1, -0.05) is 62.8 Å². The van der Waals surface area contributed by atoms with E-state index < -0.39 is 0 Å². The third kappa shape index (κ3) is 11.0. The Labute approximate surface area is 198 Å². The summed E-state index contributed by atoms with van der Waals surface area (Å²) in [6, 6.07) is 0.